The minimum Gasteiger partial charge on any atom is -0.311 e. The summed E-state index contributed by atoms with van der Waals surface area (Å²) in [6.45, 7) is 10.6. The molecule has 1 aliphatic heterocycles. The van der Waals surface area contributed by atoms with Crippen molar-refractivity contribution in [2.75, 3.05) is 19.6 Å². The molecule has 0 aromatic heterocycles. The number of rotatable bonds is 6. The first-order valence-electron chi connectivity index (χ1n) is 8.32. The molecule has 0 spiro atoms. The van der Waals surface area contributed by atoms with Gasteiger partial charge in [0.15, 0.2) is 0 Å². The molecule has 1 aliphatic rings. The van der Waals surface area contributed by atoms with Crippen LogP contribution in [0.2, 0.25) is 5.02 Å². The van der Waals surface area contributed by atoms with Gasteiger partial charge in [0.2, 0.25) is 0 Å². The molecule has 1 saturated heterocycles. The fraction of sp³-hybridized carbons (Fsp3) is 0.667. The predicted octanol–water partition coefficient (Wildman–Crippen LogP) is 3.98. The molecule has 1 aromatic rings. The van der Waals surface area contributed by atoms with Crippen LogP contribution < -0.4 is 5.32 Å². The van der Waals surface area contributed by atoms with Gasteiger partial charge in [0, 0.05) is 23.7 Å². The lowest BCUT2D eigenvalue weighted by Gasteiger charge is -2.36. The highest BCUT2D eigenvalue weighted by atomic mass is 35.5. The maximum atomic E-state index is 6.26. The topological polar surface area (TPSA) is 15.3 Å². The Morgan fingerprint density at radius 3 is 2.81 bits per heavy atom. The van der Waals surface area contributed by atoms with Crippen molar-refractivity contribution in [3.63, 3.8) is 0 Å². The van der Waals surface area contributed by atoms with Crippen molar-refractivity contribution in [3.05, 3.63) is 34.9 Å². The Morgan fingerprint density at radius 2 is 2.10 bits per heavy atom. The Bertz CT molecular complexity index is 435. The molecule has 0 aliphatic carbocycles. The fourth-order valence-electron chi connectivity index (χ4n) is 3.42. The second kappa shape index (κ2) is 8.17. The summed E-state index contributed by atoms with van der Waals surface area (Å²) in [6, 6.07) is 9.19. The van der Waals surface area contributed by atoms with E-state index in [0.29, 0.717) is 12.1 Å². The lowest BCUT2D eigenvalue weighted by molar-refractivity contribution is 0.153. The van der Waals surface area contributed by atoms with Crippen LogP contribution in [-0.2, 0) is 6.42 Å². The van der Waals surface area contributed by atoms with Gasteiger partial charge >= 0.3 is 0 Å². The van der Waals surface area contributed by atoms with Crippen molar-refractivity contribution < 1.29 is 0 Å². The van der Waals surface area contributed by atoms with E-state index in [4.69, 9.17) is 11.6 Å². The number of likely N-dealkylation sites (tertiary alicyclic amines) is 1. The fourth-order valence-corrected chi connectivity index (χ4v) is 3.64. The van der Waals surface area contributed by atoms with Gasteiger partial charge in [-0.15, -0.1) is 0 Å². The first kappa shape index (κ1) is 16.8. The van der Waals surface area contributed by atoms with Crippen LogP contribution >= 0.6 is 11.6 Å². The molecule has 1 heterocycles. The van der Waals surface area contributed by atoms with E-state index in [0.717, 1.165) is 17.4 Å². The minimum atomic E-state index is 0.455. The lowest BCUT2D eigenvalue weighted by Crippen LogP contribution is -2.47. The van der Waals surface area contributed by atoms with Gasteiger partial charge in [-0.2, -0.15) is 0 Å². The van der Waals surface area contributed by atoms with Gasteiger partial charge < -0.3 is 10.2 Å². The number of nitrogens with zero attached hydrogens (tertiary/aromatic N) is 1. The number of halogens is 1. The van der Waals surface area contributed by atoms with Gasteiger partial charge in [-0.25, -0.2) is 0 Å². The molecule has 3 atom stereocenters. The second-order valence-electron chi connectivity index (χ2n) is 6.45. The van der Waals surface area contributed by atoms with Crippen LogP contribution in [0.15, 0.2) is 24.3 Å². The van der Waals surface area contributed by atoms with Gasteiger partial charge in [-0.3, -0.25) is 0 Å². The maximum absolute atomic E-state index is 6.26. The third-order valence-electron chi connectivity index (χ3n) is 4.73. The summed E-state index contributed by atoms with van der Waals surface area (Å²) in [7, 11) is 0. The zero-order valence-corrected chi connectivity index (χ0v) is 14.4. The summed E-state index contributed by atoms with van der Waals surface area (Å²) in [5.41, 5.74) is 1.24. The highest BCUT2D eigenvalue weighted by Crippen LogP contribution is 2.21. The SMILES string of the molecule is CCN1CCCC(C(C)NC(C)Cc2ccccc2Cl)C1. The average Bonchev–Trinajstić information content (AvgIpc) is 2.49. The van der Waals surface area contributed by atoms with E-state index < -0.39 is 0 Å². The van der Waals surface area contributed by atoms with Gasteiger partial charge in [-0.05, 0) is 63.7 Å². The van der Waals surface area contributed by atoms with E-state index in [-0.39, 0.29) is 0 Å². The van der Waals surface area contributed by atoms with Gasteiger partial charge in [-0.1, -0.05) is 36.7 Å². The Morgan fingerprint density at radius 1 is 1.33 bits per heavy atom. The summed E-state index contributed by atoms with van der Waals surface area (Å²) < 4.78 is 0. The van der Waals surface area contributed by atoms with Gasteiger partial charge in [0.05, 0.1) is 0 Å². The maximum Gasteiger partial charge on any atom is 0.0438 e. The zero-order chi connectivity index (χ0) is 15.2. The van der Waals surface area contributed by atoms with E-state index in [1.54, 1.807) is 0 Å². The molecule has 2 nitrogen and oxygen atoms in total. The summed E-state index contributed by atoms with van der Waals surface area (Å²) in [5.74, 6) is 0.771. The predicted molar refractivity (Wildman–Crippen MR) is 92.1 cm³/mol. The molecule has 1 aromatic carbocycles. The first-order valence-corrected chi connectivity index (χ1v) is 8.69. The minimum absolute atomic E-state index is 0.455. The molecule has 0 amide bonds. The molecule has 0 bridgehead atoms. The molecule has 3 unspecified atom stereocenters. The van der Waals surface area contributed by atoms with E-state index in [2.05, 4.69) is 43.1 Å². The van der Waals surface area contributed by atoms with Crippen molar-refractivity contribution in [2.24, 2.45) is 5.92 Å². The lowest BCUT2D eigenvalue weighted by atomic mass is 9.91. The zero-order valence-electron chi connectivity index (χ0n) is 13.6. The molecule has 1 N–H and O–H groups in total. The molecule has 1 fully saturated rings. The number of nitrogens with one attached hydrogen (secondary N) is 1. The van der Waals surface area contributed by atoms with Gasteiger partial charge in [0.1, 0.15) is 0 Å². The first-order chi connectivity index (χ1) is 10.1. The normalized spacial score (nSPS) is 23.0. The standard InChI is InChI=1S/C18H29ClN2/c1-4-21-11-7-9-17(13-21)15(3)20-14(2)12-16-8-5-6-10-18(16)19/h5-6,8,10,14-15,17,20H,4,7,9,11-13H2,1-3H3. The quantitative estimate of drug-likeness (QED) is 0.855. The smallest absolute Gasteiger partial charge is 0.0438 e. The van der Waals surface area contributed by atoms with Crippen LogP contribution in [0.25, 0.3) is 0 Å². The Balaban J connectivity index is 1.84. The van der Waals surface area contributed by atoms with Crippen LogP contribution in [0, 0.1) is 5.92 Å². The second-order valence-corrected chi connectivity index (χ2v) is 6.85. The third kappa shape index (κ3) is 4.98. The van der Waals surface area contributed by atoms with Crippen LogP contribution in [-0.4, -0.2) is 36.6 Å². The summed E-state index contributed by atoms with van der Waals surface area (Å²) >= 11 is 6.26. The molecule has 0 radical (unpaired) electrons. The van der Waals surface area contributed by atoms with E-state index in [1.807, 2.05) is 12.1 Å². The number of hydrogen-bond donors (Lipinski definition) is 1. The molecule has 21 heavy (non-hydrogen) atoms. The Kier molecular flexibility index (Phi) is 6.53. The molecule has 2 rings (SSSR count). The molecule has 118 valence electrons. The van der Waals surface area contributed by atoms with Gasteiger partial charge in [0.25, 0.3) is 0 Å². The highest BCUT2D eigenvalue weighted by Gasteiger charge is 2.24. The molecule has 0 saturated carbocycles. The number of piperidine rings is 1. The number of benzene rings is 1. The van der Waals surface area contributed by atoms with Crippen LogP contribution in [0.4, 0.5) is 0 Å². The summed E-state index contributed by atoms with van der Waals surface area (Å²) in [5, 5.41) is 4.67. The largest absolute Gasteiger partial charge is 0.311 e. The van der Waals surface area contributed by atoms with E-state index in [9.17, 15) is 0 Å². The molecule has 3 heteroatoms. The van der Waals surface area contributed by atoms with Crippen LogP contribution in [0.3, 0.4) is 0 Å². The summed E-state index contributed by atoms with van der Waals surface area (Å²) in [6.07, 6.45) is 3.68. The van der Waals surface area contributed by atoms with Crippen molar-refractivity contribution in [1.82, 2.24) is 10.2 Å². The Hall–Kier alpha value is -0.570. The van der Waals surface area contributed by atoms with Crippen molar-refractivity contribution in [2.45, 2.75) is 52.1 Å². The molecular weight excluding hydrogens is 280 g/mol. The highest BCUT2D eigenvalue weighted by molar-refractivity contribution is 6.31. The molecular formula is C18H29ClN2. The summed E-state index contributed by atoms with van der Waals surface area (Å²) in [4.78, 5) is 2.57. The monoisotopic (exact) mass is 308 g/mol. The van der Waals surface area contributed by atoms with Crippen LogP contribution in [0.5, 0.6) is 0 Å². The van der Waals surface area contributed by atoms with Crippen molar-refractivity contribution in [3.8, 4) is 0 Å². The Labute approximate surface area is 134 Å². The number of hydrogen-bond acceptors (Lipinski definition) is 2. The third-order valence-corrected chi connectivity index (χ3v) is 5.10. The van der Waals surface area contributed by atoms with Crippen molar-refractivity contribution in [1.29, 1.82) is 0 Å². The average molecular weight is 309 g/mol. The van der Waals surface area contributed by atoms with Crippen LogP contribution in [0.1, 0.15) is 39.2 Å². The van der Waals surface area contributed by atoms with E-state index >= 15 is 0 Å². The van der Waals surface area contributed by atoms with Crippen molar-refractivity contribution >= 4 is 11.6 Å². The van der Waals surface area contributed by atoms with E-state index in [1.165, 1.54) is 38.0 Å².